The molecular weight excluding hydrogens is 232 g/mol. The van der Waals surface area contributed by atoms with E-state index in [1.54, 1.807) is 23.1 Å². The van der Waals surface area contributed by atoms with E-state index >= 15 is 0 Å². The summed E-state index contributed by atoms with van der Waals surface area (Å²) in [5.74, 6) is 4.86. The van der Waals surface area contributed by atoms with Crippen LogP contribution in [0.2, 0.25) is 0 Å². The van der Waals surface area contributed by atoms with Crippen LogP contribution >= 0.6 is 23.1 Å². The summed E-state index contributed by atoms with van der Waals surface area (Å²) in [5.41, 5.74) is 2.11. The highest BCUT2D eigenvalue weighted by Gasteiger charge is 2.10. The number of nitrogens with zero attached hydrogens (tertiary/aromatic N) is 2. The van der Waals surface area contributed by atoms with Crippen molar-refractivity contribution in [2.45, 2.75) is 36.3 Å². The van der Waals surface area contributed by atoms with Gasteiger partial charge in [0.05, 0.1) is 0 Å². The molecule has 0 fully saturated rings. The molecule has 1 aromatic heterocycles. The zero-order valence-corrected chi connectivity index (χ0v) is 10.3. The Morgan fingerprint density at radius 1 is 1.67 bits per heavy atom. The van der Waals surface area contributed by atoms with E-state index in [0.29, 0.717) is 11.7 Å². The molecule has 15 heavy (non-hydrogen) atoms. The Morgan fingerprint density at radius 3 is 2.93 bits per heavy atom. The molecule has 0 aliphatic heterocycles. The van der Waals surface area contributed by atoms with E-state index in [1.165, 1.54) is 0 Å². The van der Waals surface area contributed by atoms with Gasteiger partial charge in [-0.1, -0.05) is 30.0 Å². The first-order valence-electron chi connectivity index (χ1n) is 4.58. The molecule has 5 nitrogen and oxygen atoms in total. The second-order valence-corrected chi connectivity index (χ2v) is 5.99. The number of aryl methyl sites for hydroxylation is 1. The number of aromatic nitrogens is 2. The van der Waals surface area contributed by atoms with E-state index in [1.807, 2.05) is 6.92 Å². The fourth-order valence-corrected chi connectivity index (χ4v) is 3.09. The average molecular weight is 246 g/mol. The fraction of sp³-hybridized carbons (Fsp3) is 0.625. The Hall–Kier alpha value is -0.660. The minimum Gasteiger partial charge on any atom is -0.294 e. The molecule has 1 atom stereocenters. The Labute approximate surface area is 96.8 Å². The zero-order chi connectivity index (χ0) is 11.3. The van der Waals surface area contributed by atoms with Crippen LogP contribution in [0.4, 0.5) is 0 Å². The standard InChI is InChI=1S/C8H14N4OS2/c1-5(3-4-7(13)10-9)14-8-12-11-6(2)15-8/h5H,3-4,9H2,1-2H3,(H,10,13). The normalized spacial score (nSPS) is 12.5. The van der Waals surface area contributed by atoms with Crippen molar-refractivity contribution in [3.63, 3.8) is 0 Å². The number of hydrogen-bond donors (Lipinski definition) is 2. The van der Waals surface area contributed by atoms with Crippen molar-refractivity contribution in [1.82, 2.24) is 15.6 Å². The van der Waals surface area contributed by atoms with E-state index in [0.717, 1.165) is 15.8 Å². The van der Waals surface area contributed by atoms with E-state index < -0.39 is 0 Å². The molecule has 7 heteroatoms. The highest BCUT2D eigenvalue weighted by atomic mass is 32.2. The molecule has 0 spiro atoms. The van der Waals surface area contributed by atoms with Crippen molar-refractivity contribution < 1.29 is 4.79 Å². The predicted molar refractivity (Wildman–Crippen MR) is 61.5 cm³/mol. The van der Waals surface area contributed by atoms with Crippen molar-refractivity contribution in [1.29, 1.82) is 0 Å². The molecule has 0 saturated heterocycles. The van der Waals surface area contributed by atoms with Gasteiger partial charge in [-0.05, 0) is 13.3 Å². The van der Waals surface area contributed by atoms with Crippen LogP contribution in [-0.4, -0.2) is 21.4 Å². The number of carbonyl (C=O) groups excluding carboxylic acids is 1. The van der Waals surface area contributed by atoms with Gasteiger partial charge in [-0.25, -0.2) is 5.84 Å². The molecule has 1 aromatic rings. The van der Waals surface area contributed by atoms with Crippen LogP contribution in [-0.2, 0) is 4.79 Å². The smallest absolute Gasteiger partial charge is 0.233 e. The van der Waals surface area contributed by atoms with Crippen LogP contribution in [0.3, 0.4) is 0 Å². The summed E-state index contributed by atoms with van der Waals surface area (Å²) in [5, 5.41) is 9.24. The van der Waals surface area contributed by atoms with Gasteiger partial charge < -0.3 is 0 Å². The summed E-state index contributed by atoms with van der Waals surface area (Å²) < 4.78 is 0.952. The van der Waals surface area contributed by atoms with Crippen molar-refractivity contribution in [2.24, 2.45) is 5.84 Å². The number of nitrogens with two attached hydrogens (primary N) is 1. The molecule has 1 unspecified atom stereocenters. The predicted octanol–water partition coefficient (Wildman–Crippen LogP) is 1.10. The maximum atomic E-state index is 10.9. The first kappa shape index (κ1) is 12.4. The van der Waals surface area contributed by atoms with Crippen molar-refractivity contribution in [2.75, 3.05) is 0 Å². The van der Waals surface area contributed by atoms with Crippen LogP contribution in [0.5, 0.6) is 0 Å². The SMILES string of the molecule is Cc1nnc(SC(C)CCC(=O)NN)s1. The molecule has 3 N–H and O–H groups in total. The zero-order valence-electron chi connectivity index (χ0n) is 8.69. The summed E-state index contributed by atoms with van der Waals surface area (Å²) in [4.78, 5) is 10.9. The fourth-order valence-electron chi connectivity index (χ4n) is 0.964. The number of nitrogens with one attached hydrogen (secondary N) is 1. The highest BCUT2D eigenvalue weighted by Crippen LogP contribution is 2.28. The Morgan fingerprint density at radius 2 is 2.40 bits per heavy atom. The molecular formula is C8H14N4OS2. The van der Waals surface area contributed by atoms with Gasteiger partial charge in [-0.3, -0.25) is 10.2 Å². The van der Waals surface area contributed by atoms with Crippen molar-refractivity contribution in [3.05, 3.63) is 5.01 Å². The number of hydrazine groups is 1. The molecule has 0 aliphatic carbocycles. The van der Waals surface area contributed by atoms with Gasteiger partial charge in [0.25, 0.3) is 0 Å². The van der Waals surface area contributed by atoms with Crippen LogP contribution in [0.1, 0.15) is 24.8 Å². The van der Waals surface area contributed by atoms with Crippen molar-refractivity contribution in [3.8, 4) is 0 Å². The van der Waals surface area contributed by atoms with E-state index in [9.17, 15) is 4.79 Å². The Bertz CT molecular complexity index is 328. The maximum absolute atomic E-state index is 10.9. The number of amides is 1. The molecule has 0 aliphatic rings. The van der Waals surface area contributed by atoms with Gasteiger partial charge in [-0.2, -0.15) is 0 Å². The van der Waals surface area contributed by atoms with Gasteiger partial charge in [0.2, 0.25) is 5.91 Å². The molecule has 0 saturated carbocycles. The third-order valence-electron chi connectivity index (χ3n) is 1.75. The topological polar surface area (TPSA) is 80.9 Å². The number of carbonyl (C=O) groups is 1. The minimum absolute atomic E-state index is 0.129. The Kier molecular flexibility index (Phi) is 5.00. The molecule has 1 amide bonds. The molecule has 1 heterocycles. The number of thioether (sulfide) groups is 1. The van der Waals surface area contributed by atoms with Crippen LogP contribution in [0, 0.1) is 6.92 Å². The third kappa shape index (κ3) is 4.59. The molecule has 84 valence electrons. The van der Waals surface area contributed by atoms with E-state index in [4.69, 9.17) is 5.84 Å². The molecule has 1 rings (SSSR count). The molecule has 0 aromatic carbocycles. The monoisotopic (exact) mass is 246 g/mol. The van der Waals surface area contributed by atoms with Gasteiger partial charge in [0, 0.05) is 11.7 Å². The summed E-state index contributed by atoms with van der Waals surface area (Å²) in [7, 11) is 0. The lowest BCUT2D eigenvalue weighted by atomic mass is 10.2. The summed E-state index contributed by atoms with van der Waals surface area (Å²) in [6.45, 7) is 3.99. The van der Waals surface area contributed by atoms with Gasteiger partial charge >= 0.3 is 0 Å². The summed E-state index contributed by atoms with van der Waals surface area (Å²) >= 11 is 3.21. The van der Waals surface area contributed by atoms with Gasteiger partial charge in [-0.15, -0.1) is 10.2 Å². The average Bonchev–Trinajstić information content (AvgIpc) is 2.60. The highest BCUT2D eigenvalue weighted by molar-refractivity contribution is 8.01. The van der Waals surface area contributed by atoms with Gasteiger partial charge in [0.1, 0.15) is 5.01 Å². The lowest BCUT2D eigenvalue weighted by molar-refractivity contribution is -0.121. The first-order valence-corrected chi connectivity index (χ1v) is 6.27. The Balaban J connectivity index is 2.30. The van der Waals surface area contributed by atoms with Gasteiger partial charge in [0.15, 0.2) is 4.34 Å². The largest absolute Gasteiger partial charge is 0.294 e. The van der Waals surface area contributed by atoms with E-state index in [2.05, 4.69) is 22.5 Å². The second-order valence-electron chi connectivity index (χ2n) is 3.12. The second kappa shape index (κ2) is 6.04. The minimum atomic E-state index is -0.129. The van der Waals surface area contributed by atoms with E-state index in [-0.39, 0.29) is 5.91 Å². The van der Waals surface area contributed by atoms with Crippen molar-refractivity contribution >= 4 is 29.0 Å². The van der Waals surface area contributed by atoms with Crippen LogP contribution < -0.4 is 11.3 Å². The lowest BCUT2D eigenvalue weighted by Gasteiger charge is -2.07. The maximum Gasteiger partial charge on any atom is 0.233 e. The molecule has 0 radical (unpaired) electrons. The quantitative estimate of drug-likeness (QED) is 0.352. The van der Waals surface area contributed by atoms with Crippen LogP contribution in [0.15, 0.2) is 4.34 Å². The lowest BCUT2D eigenvalue weighted by Crippen LogP contribution is -2.30. The molecule has 0 bridgehead atoms. The third-order valence-corrected chi connectivity index (χ3v) is 3.84. The summed E-state index contributed by atoms with van der Waals surface area (Å²) in [6.07, 6.45) is 1.23. The number of hydrogen-bond acceptors (Lipinski definition) is 6. The summed E-state index contributed by atoms with van der Waals surface area (Å²) in [6, 6.07) is 0. The van der Waals surface area contributed by atoms with Crippen LogP contribution in [0.25, 0.3) is 0 Å². The first-order chi connectivity index (χ1) is 7.11. The number of rotatable bonds is 5.